The molecule has 1 aromatic rings. The van der Waals surface area contributed by atoms with Crippen molar-refractivity contribution >= 4 is 11.9 Å². The summed E-state index contributed by atoms with van der Waals surface area (Å²) in [5.74, 6) is -1.72. The largest absolute Gasteiger partial charge is 0.479 e. The van der Waals surface area contributed by atoms with E-state index in [4.69, 9.17) is 9.84 Å². The maximum absolute atomic E-state index is 11.8. The van der Waals surface area contributed by atoms with Gasteiger partial charge in [0.15, 0.2) is 6.10 Å². The first-order valence-corrected chi connectivity index (χ1v) is 5.66. The van der Waals surface area contributed by atoms with Gasteiger partial charge in [-0.1, -0.05) is 6.92 Å². The number of carbonyl (C=O) groups excluding carboxylic acids is 1. The highest BCUT2D eigenvalue weighted by Gasteiger charge is 2.25. The van der Waals surface area contributed by atoms with Gasteiger partial charge in [0.25, 0.3) is 0 Å². The summed E-state index contributed by atoms with van der Waals surface area (Å²) >= 11 is 0. The molecule has 0 bridgehead atoms. The number of carboxylic acid groups (broad SMARTS) is 1. The van der Waals surface area contributed by atoms with E-state index in [1.165, 1.54) is 6.33 Å². The highest BCUT2D eigenvalue weighted by molar-refractivity contribution is 5.81. The fourth-order valence-electron chi connectivity index (χ4n) is 1.45. The summed E-state index contributed by atoms with van der Waals surface area (Å²) in [4.78, 5) is 29.3. The third-order valence-electron chi connectivity index (χ3n) is 2.52. The zero-order valence-corrected chi connectivity index (χ0v) is 10.3. The van der Waals surface area contributed by atoms with Crippen LogP contribution < -0.4 is 5.32 Å². The van der Waals surface area contributed by atoms with Crippen molar-refractivity contribution in [3.63, 3.8) is 0 Å². The van der Waals surface area contributed by atoms with Crippen LogP contribution in [0.2, 0.25) is 0 Å². The Labute approximate surface area is 105 Å². The number of rotatable bonds is 7. The molecular formula is C11H17N3O4. The molecule has 100 valence electrons. The Morgan fingerprint density at radius 1 is 1.61 bits per heavy atom. The Balaban J connectivity index is 2.59. The summed E-state index contributed by atoms with van der Waals surface area (Å²) in [5, 5.41) is 11.6. The molecule has 0 aliphatic rings. The lowest BCUT2D eigenvalue weighted by molar-refractivity contribution is -0.165. The van der Waals surface area contributed by atoms with E-state index in [-0.39, 0.29) is 6.42 Å². The molecule has 0 aromatic carbocycles. The minimum absolute atomic E-state index is 0.238. The van der Waals surface area contributed by atoms with Gasteiger partial charge >= 0.3 is 11.9 Å². The molecule has 18 heavy (non-hydrogen) atoms. The molecule has 0 saturated heterocycles. The standard InChI is InChI=1S/C11H17N3O4/c1-3-9(10(15)16)18-11(17)8(12-2)4-7-5-13-6-14-7/h5-6,8-9,12H,3-4H2,1-2H3,(H,13,14)(H,15,16)/t8-,9?/m0/s1. The van der Waals surface area contributed by atoms with Gasteiger partial charge in [0, 0.05) is 18.3 Å². The van der Waals surface area contributed by atoms with Gasteiger partial charge in [0.2, 0.25) is 0 Å². The van der Waals surface area contributed by atoms with Crippen LogP contribution in [-0.4, -0.2) is 46.2 Å². The van der Waals surface area contributed by atoms with E-state index < -0.39 is 24.1 Å². The molecule has 1 rings (SSSR count). The molecule has 3 N–H and O–H groups in total. The van der Waals surface area contributed by atoms with Gasteiger partial charge in [-0.3, -0.25) is 4.79 Å². The average molecular weight is 255 g/mol. The minimum Gasteiger partial charge on any atom is -0.479 e. The van der Waals surface area contributed by atoms with Crippen LogP contribution in [0, 0.1) is 0 Å². The molecule has 0 radical (unpaired) electrons. The smallest absolute Gasteiger partial charge is 0.345 e. The molecule has 7 heteroatoms. The molecule has 0 aliphatic heterocycles. The van der Waals surface area contributed by atoms with Gasteiger partial charge < -0.3 is 20.1 Å². The van der Waals surface area contributed by atoms with E-state index in [2.05, 4.69) is 15.3 Å². The number of imidazole rings is 1. The molecule has 0 spiro atoms. The highest BCUT2D eigenvalue weighted by atomic mass is 16.6. The number of hydrogen-bond acceptors (Lipinski definition) is 5. The van der Waals surface area contributed by atoms with Crippen molar-refractivity contribution in [2.24, 2.45) is 0 Å². The van der Waals surface area contributed by atoms with Crippen molar-refractivity contribution < 1.29 is 19.4 Å². The van der Waals surface area contributed by atoms with Gasteiger partial charge in [0.1, 0.15) is 6.04 Å². The van der Waals surface area contributed by atoms with E-state index in [1.54, 1.807) is 20.2 Å². The van der Waals surface area contributed by atoms with Gasteiger partial charge in [-0.25, -0.2) is 9.78 Å². The first-order valence-electron chi connectivity index (χ1n) is 5.66. The number of carbonyl (C=O) groups is 2. The third kappa shape index (κ3) is 3.85. The molecule has 0 aliphatic carbocycles. The first kappa shape index (κ1) is 14.2. The lowest BCUT2D eigenvalue weighted by Gasteiger charge is -2.17. The van der Waals surface area contributed by atoms with Crippen molar-refractivity contribution in [1.29, 1.82) is 0 Å². The molecule has 7 nitrogen and oxygen atoms in total. The molecule has 2 atom stereocenters. The SMILES string of the molecule is CCC(OC(=O)[C@H](Cc1cnc[nH]1)NC)C(=O)O. The van der Waals surface area contributed by atoms with Crippen LogP contribution >= 0.6 is 0 Å². The fraction of sp³-hybridized carbons (Fsp3) is 0.545. The van der Waals surface area contributed by atoms with Gasteiger partial charge in [-0.05, 0) is 13.5 Å². The number of esters is 1. The van der Waals surface area contributed by atoms with Crippen molar-refractivity contribution in [2.45, 2.75) is 31.9 Å². The van der Waals surface area contributed by atoms with E-state index >= 15 is 0 Å². The van der Waals surface area contributed by atoms with Crippen molar-refractivity contribution in [1.82, 2.24) is 15.3 Å². The van der Waals surface area contributed by atoms with Crippen LogP contribution in [0.3, 0.4) is 0 Å². The van der Waals surface area contributed by atoms with Crippen molar-refractivity contribution in [3.8, 4) is 0 Å². The number of hydrogen-bond donors (Lipinski definition) is 3. The number of ether oxygens (including phenoxy) is 1. The molecule has 0 saturated carbocycles. The van der Waals surface area contributed by atoms with Crippen LogP contribution in [0.5, 0.6) is 0 Å². The van der Waals surface area contributed by atoms with Crippen LogP contribution in [0.1, 0.15) is 19.0 Å². The summed E-state index contributed by atoms with van der Waals surface area (Å²) in [6.45, 7) is 1.65. The maximum Gasteiger partial charge on any atom is 0.345 e. The predicted octanol–water partition coefficient (Wildman–Crippen LogP) is -0.0534. The summed E-state index contributed by atoms with van der Waals surface area (Å²) in [7, 11) is 1.62. The topological polar surface area (TPSA) is 104 Å². The van der Waals surface area contributed by atoms with Gasteiger partial charge in [-0.2, -0.15) is 0 Å². The second-order valence-electron chi connectivity index (χ2n) is 3.79. The molecular weight excluding hydrogens is 238 g/mol. The maximum atomic E-state index is 11.8. The number of nitrogens with one attached hydrogen (secondary N) is 2. The quantitative estimate of drug-likeness (QED) is 0.590. The number of aromatic nitrogens is 2. The lowest BCUT2D eigenvalue weighted by Crippen LogP contribution is -2.40. The Morgan fingerprint density at radius 3 is 2.78 bits per heavy atom. The zero-order chi connectivity index (χ0) is 13.5. The van der Waals surface area contributed by atoms with E-state index in [9.17, 15) is 9.59 Å². The van der Waals surface area contributed by atoms with Crippen LogP contribution in [0.15, 0.2) is 12.5 Å². The first-order chi connectivity index (χ1) is 8.58. The van der Waals surface area contributed by atoms with Crippen LogP contribution in [0.4, 0.5) is 0 Å². The van der Waals surface area contributed by atoms with Gasteiger partial charge in [0.05, 0.1) is 6.33 Å². The summed E-state index contributed by atoms with van der Waals surface area (Å²) in [5.41, 5.74) is 0.773. The molecule has 1 heterocycles. The monoisotopic (exact) mass is 255 g/mol. The second-order valence-corrected chi connectivity index (χ2v) is 3.79. The fourth-order valence-corrected chi connectivity index (χ4v) is 1.45. The minimum atomic E-state index is -1.14. The number of carboxylic acids is 1. The molecule has 0 fully saturated rings. The second kappa shape index (κ2) is 6.75. The third-order valence-corrected chi connectivity index (χ3v) is 2.52. The Hall–Kier alpha value is -1.89. The lowest BCUT2D eigenvalue weighted by atomic mass is 10.1. The number of nitrogens with zero attached hydrogens (tertiary/aromatic N) is 1. The van der Waals surface area contributed by atoms with Crippen molar-refractivity contribution in [2.75, 3.05) is 7.05 Å². The predicted molar refractivity (Wildman–Crippen MR) is 62.9 cm³/mol. The number of H-pyrrole nitrogens is 1. The Bertz CT molecular complexity index is 391. The number of aliphatic carboxylic acids is 1. The van der Waals surface area contributed by atoms with E-state index in [0.29, 0.717) is 6.42 Å². The van der Waals surface area contributed by atoms with Gasteiger partial charge in [-0.15, -0.1) is 0 Å². The Morgan fingerprint density at radius 2 is 2.33 bits per heavy atom. The van der Waals surface area contributed by atoms with Crippen molar-refractivity contribution in [3.05, 3.63) is 18.2 Å². The summed E-state index contributed by atoms with van der Waals surface area (Å²) in [6, 6.07) is -0.598. The molecule has 1 unspecified atom stereocenters. The summed E-state index contributed by atoms with van der Waals surface area (Å²) < 4.78 is 4.93. The summed E-state index contributed by atoms with van der Waals surface area (Å²) in [6.07, 6.45) is 2.62. The zero-order valence-electron chi connectivity index (χ0n) is 10.3. The van der Waals surface area contributed by atoms with E-state index in [1.807, 2.05) is 0 Å². The number of aromatic amines is 1. The molecule has 0 amide bonds. The Kier molecular flexibility index (Phi) is 5.31. The van der Waals surface area contributed by atoms with Crippen LogP contribution in [0.25, 0.3) is 0 Å². The highest BCUT2D eigenvalue weighted by Crippen LogP contribution is 2.05. The number of likely N-dealkylation sites (N-methyl/N-ethyl adjacent to an activating group) is 1. The van der Waals surface area contributed by atoms with Crippen LogP contribution in [-0.2, 0) is 20.7 Å². The molecule has 1 aromatic heterocycles. The average Bonchev–Trinajstić information content (AvgIpc) is 2.85. The van der Waals surface area contributed by atoms with E-state index in [0.717, 1.165) is 5.69 Å². The normalized spacial score (nSPS) is 13.9.